The van der Waals surface area contributed by atoms with Crippen LogP contribution in [0.5, 0.6) is 0 Å². The molecule has 14 nitrogen and oxygen atoms in total. The predicted molar refractivity (Wildman–Crippen MR) is 215 cm³/mol. The third-order valence-electron chi connectivity index (χ3n) is 8.30. The standard InChI is InChI=1S/C39H62Cl2N2O12S/c1-3-8-46-10-12-48-14-16-50-18-20-52-22-24-54-26-27-55-25-23-53-21-19-51-17-15-49-13-11-47-9-7-42-56(44,45)35-6-4-5-33(28-35)37-31-43(2)32-38-36(37)29-34(40)30-39(38)41/h4-6,28-30,37,42H,3,7-27,31-32H2,1-2H3. The second kappa shape index (κ2) is 30.5. The molecule has 3 rings (SSSR count). The van der Waals surface area contributed by atoms with E-state index in [0.717, 1.165) is 36.3 Å². The van der Waals surface area contributed by atoms with Crippen molar-refractivity contribution in [3.8, 4) is 0 Å². The molecular formula is C39H62Cl2N2O12S. The number of fused-ring (bicyclic) bond motifs is 1. The molecule has 56 heavy (non-hydrogen) atoms. The van der Waals surface area contributed by atoms with Gasteiger partial charge in [0.2, 0.25) is 10.0 Å². The lowest BCUT2D eigenvalue weighted by Crippen LogP contribution is -2.31. The number of sulfonamides is 1. The van der Waals surface area contributed by atoms with Crippen LogP contribution >= 0.6 is 23.2 Å². The van der Waals surface area contributed by atoms with Crippen LogP contribution in [0, 0.1) is 0 Å². The largest absolute Gasteiger partial charge is 0.379 e. The van der Waals surface area contributed by atoms with Gasteiger partial charge in [-0.3, -0.25) is 0 Å². The van der Waals surface area contributed by atoms with E-state index in [2.05, 4.69) is 16.5 Å². The van der Waals surface area contributed by atoms with E-state index in [9.17, 15) is 8.42 Å². The van der Waals surface area contributed by atoms with E-state index in [4.69, 9.17) is 70.6 Å². The summed E-state index contributed by atoms with van der Waals surface area (Å²) in [5.74, 6) is -0.0624. The number of nitrogens with zero attached hydrogens (tertiary/aromatic N) is 1. The molecule has 1 aliphatic rings. The fourth-order valence-corrected chi connectivity index (χ4v) is 7.22. The van der Waals surface area contributed by atoms with E-state index in [1.54, 1.807) is 24.3 Å². The maximum Gasteiger partial charge on any atom is 0.240 e. The summed E-state index contributed by atoms with van der Waals surface area (Å²) in [6.07, 6.45) is 1.02. The van der Waals surface area contributed by atoms with Gasteiger partial charge in [-0.25, -0.2) is 13.1 Å². The van der Waals surface area contributed by atoms with Gasteiger partial charge in [-0.2, -0.15) is 0 Å². The molecule has 0 saturated heterocycles. The van der Waals surface area contributed by atoms with E-state index in [-0.39, 0.29) is 24.0 Å². The number of likely N-dealkylation sites (N-methyl/N-ethyl adjacent to an activating group) is 1. The van der Waals surface area contributed by atoms with Gasteiger partial charge < -0.3 is 52.3 Å². The highest BCUT2D eigenvalue weighted by Gasteiger charge is 2.28. The summed E-state index contributed by atoms with van der Waals surface area (Å²) in [6.45, 7) is 13.3. The first kappa shape index (κ1) is 48.9. The molecule has 0 bridgehead atoms. The number of ether oxygens (including phenoxy) is 10. The summed E-state index contributed by atoms with van der Waals surface area (Å²) in [4.78, 5) is 2.36. The summed E-state index contributed by atoms with van der Waals surface area (Å²) in [6, 6.07) is 10.7. The monoisotopic (exact) mass is 852 g/mol. The number of rotatable bonds is 35. The Balaban J connectivity index is 1.06. The third-order valence-corrected chi connectivity index (χ3v) is 10.3. The minimum absolute atomic E-state index is 0.0624. The lowest BCUT2D eigenvalue weighted by Gasteiger charge is -2.33. The molecule has 1 atom stereocenters. The van der Waals surface area contributed by atoms with Gasteiger partial charge in [-0.1, -0.05) is 42.3 Å². The Morgan fingerprint density at radius 3 is 1.50 bits per heavy atom. The van der Waals surface area contributed by atoms with Crippen molar-refractivity contribution in [2.45, 2.75) is 30.7 Å². The van der Waals surface area contributed by atoms with E-state index in [1.807, 2.05) is 19.2 Å². The van der Waals surface area contributed by atoms with Gasteiger partial charge in [-0.15, -0.1) is 0 Å². The summed E-state index contributed by atoms with van der Waals surface area (Å²) in [5.41, 5.74) is 2.91. The molecule has 0 saturated carbocycles. The van der Waals surface area contributed by atoms with Gasteiger partial charge in [-0.05, 0) is 54.4 Å². The number of nitrogens with one attached hydrogen (secondary N) is 1. The second-order valence-corrected chi connectivity index (χ2v) is 15.4. The lowest BCUT2D eigenvalue weighted by atomic mass is 9.85. The van der Waals surface area contributed by atoms with Crippen molar-refractivity contribution in [2.75, 3.05) is 152 Å². The van der Waals surface area contributed by atoms with Crippen LogP contribution < -0.4 is 4.72 Å². The summed E-state index contributed by atoms with van der Waals surface area (Å²) in [5, 5.41) is 1.18. The first-order valence-electron chi connectivity index (χ1n) is 19.3. The fraction of sp³-hybridized carbons (Fsp3) is 0.692. The smallest absolute Gasteiger partial charge is 0.240 e. The minimum Gasteiger partial charge on any atom is -0.379 e. The molecule has 17 heteroatoms. The molecule has 1 aliphatic heterocycles. The van der Waals surface area contributed by atoms with Gasteiger partial charge >= 0.3 is 0 Å². The molecule has 2 aromatic carbocycles. The highest BCUT2D eigenvalue weighted by molar-refractivity contribution is 7.89. The Hall–Kier alpha value is -1.51. The molecule has 0 fully saturated rings. The van der Waals surface area contributed by atoms with Crippen molar-refractivity contribution in [2.24, 2.45) is 0 Å². The first-order chi connectivity index (χ1) is 27.3. The first-order valence-corrected chi connectivity index (χ1v) is 21.6. The Morgan fingerprint density at radius 2 is 1.05 bits per heavy atom. The lowest BCUT2D eigenvalue weighted by molar-refractivity contribution is -0.0263. The van der Waals surface area contributed by atoms with Crippen LogP contribution in [0.3, 0.4) is 0 Å². The Labute approximate surface area is 343 Å². The van der Waals surface area contributed by atoms with E-state index in [1.165, 1.54) is 0 Å². The van der Waals surface area contributed by atoms with Crippen LogP contribution in [0.25, 0.3) is 0 Å². The quantitative estimate of drug-likeness (QED) is 0.0980. The number of halogens is 2. The molecule has 0 radical (unpaired) electrons. The van der Waals surface area contributed by atoms with Crippen molar-refractivity contribution >= 4 is 33.2 Å². The fourth-order valence-electron chi connectivity index (χ4n) is 5.59. The maximum atomic E-state index is 13.1. The summed E-state index contributed by atoms with van der Waals surface area (Å²) >= 11 is 12.8. The third kappa shape index (κ3) is 21.0. The van der Waals surface area contributed by atoms with Crippen molar-refractivity contribution in [1.29, 1.82) is 0 Å². The van der Waals surface area contributed by atoms with Crippen molar-refractivity contribution in [3.63, 3.8) is 0 Å². The second-order valence-electron chi connectivity index (χ2n) is 12.8. The number of hydrogen-bond donors (Lipinski definition) is 1. The average molecular weight is 854 g/mol. The zero-order valence-electron chi connectivity index (χ0n) is 33.0. The highest BCUT2D eigenvalue weighted by atomic mass is 35.5. The highest BCUT2D eigenvalue weighted by Crippen LogP contribution is 2.38. The van der Waals surface area contributed by atoms with E-state index >= 15 is 0 Å². The number of hydrogen-bond acceptors (Lipinski definition) is 13. The van der Waals surface area contributed by atoms with Crippen LogP contribution in [0.2, 0.25) is 10.0 Å². The SMILES string of the molecule is CCCOCCOCCOCCOCCOCCOCCOCCOCCOCCOCCNS(=O)(=O)c1cccc(C2CN(C)Cc3c(Cl)cc(Cl)cc32)c1. The van der Waals surface area contributed by atoms with Crippen molar-refractivity contribution in [3.05, 3.63) is 63.1 Å². The Bertz CT molecular complexity index is 1430. The summed E-state index contributed by atoms with van der Waals surface area (Å²) in [7, 11) is -1.72. The van der Waals surface area contributed by atoms with Crippen molar-refractivity contribution < 1.29 is 55.8 Å². The topological polar surface area (TPSA) is 142 Å². The summed E-state index contributed by atoms with van der Waals surface area (Å²) < 4.78 is 83.5. The van der Waals surface area contributed by atoms with Crippen LogP contribution in [-0.2, 0) is 63.9 Å². The van der Waals surface area contributed by atoms with Gasteiger partial charge in [0.05, 0.1) is 130 Å². The molecule has 0 aromatic heterocycles. The predicted octanol–water partition coefficient (Wildman–Crippen LogP) is 4.43. The molecule has 320 valence electrons. The van der Waals surface area contributed by atoms with Gasteiger partial charge in [0.25, 0.3) is 0 Å². The van der Waals surface area contributed by atoms with E-state index in [0.29, 0.717) is 136 Å². The molecule has 0 spiro atoms. The maximum absolute atomic E-state index is 13.1. The van der Waals surface area contributed by atoms with Gasteiger partial charge in [0, 0.05) is 42.2 Å². The Kier molecular flexibility index (Phi) is 26.6. The number of benzene rings is 2. The zero-order valence-corrected chi connectivity index (χ0v) is 35.4. The van der Waals surface area contributed by atoms with Gasteiger partial charge in [0.15, 0.2) is 0 Å². The molecular weight excluding hydrogens is 791 g/mol. The molecule has 1 unspecified atom stereocenters. The van der Waals surface area contributed by atoms with Crippen LogP contribution in [-0.4, -0.2) is 166 Å². The molecule has 1 N–H and O–H groups in total. The normalized spacial score (nSPS) is 14.8. The minimum atomic E-state index is -3.74. The van der Waals surface area contributed by atoms with Crippen LogP contribution in [0.15, 0.2) is 41.3 Å². The zero-order chi connectivity index (χ0) is 40.1. The van der Waals surface area contributed by atoms with Gasteiger partial charge in [0.1, 0.15) is 0 Å². The van der Waals surface area contributed by atoms with Crippen LogP contribution in [0.1, 0.15) is 36.0 Å². The van der Waals surface area contributed by atoms with Crippen molar-refractivity contribution in [1.82, 2.24) is 9.62 Å². The molecule has 0 amide bonds. The molecule has 1 heterocycles. The molecule has 0 aliphatic carbocycles. The van der Waals surface area contributed by atoms with Crippen LogP contribution in [0.4, 0.5) is 0 Å². The average Bonchev–Trinajstić information content (AvgIpc) is 3.18. The van der Waals surface area contributed by atoms with E-state index < -0.39 is 10.0 Å². The Morgan fingerprint density at radius 1 is 0.625 bits per heavy atom. The molecule has 2 aromatic rings.